The molecule has 0 rings (SSSR count). The number of hydrogen-bond acceptors (Lipinski definition) is 5. The third-order valence-electron chi connectivity index (χ3n) is 12.3. The molecule has 1 N–H and O–H groups in total. The van der Waals surface area contributed by atoms with E-state index in [1.807, 2.05) is 0 Å². The highest BCUT2D eigenvalue weighted by Gasteiger charge is 2.16. The molecule has 0 aromatic carbocycles. The molecule has 0 saturated heterocycles. The minimum atomic E-state index is -0.808. The number of ether oxygens (including phenoxy) is 2. The van der Waals surface area contributed by atoms with Crippen LogP contribution in [-0.2, 0) is 19.1 Å². The molecule has 1 unspecified atom stereocenters. The Morgan fingerprint density at radius 2 is 0.581 bits per heavy atom. The van der Waals surface area contributed by atoms with Gasteiger partial charge < -0.3 is 14.6 Å². The first-order valence-corrected chi connectivity index (χ1v) is 30.0. The van der Waals surface area contributed by atoms with Gasteiger partial charge in [0.05, 0.1) is 6.61 Å². The summed E-state index contributed by atoms with van der Waals surface area (Å²) in [7, 11) is 0. The molecule has 0 aromatic rings. The highest BCUT2D eigenvalue weighted by molar-refractivity contribution is 5.70. The second-order valence-electron chi connectivity index (χ2n) is 19.3. The van der Waals surface area contributed by atoms with Gasteiger partial charge >= 0.3 is 11.9 Å². The number of esters is 2. The average Bonchev–Trinajstić information content (AvgIpc) is 3.40. The topological polar surface area (TPSA) is 72.8 Å². The van der Waals surface area contributed by atoms with Gasteiger partial charge in [-0.05, 0) is 128 Å². The Morgan fingerprint density at radius 3 is 0.919 bits per heavy atom. The smallest absolute Gasteiger partial charge is 0.306 e. The van der Waals surface area contributed by atoms with Crippen LogP contribution in [0.3, 0.4) is 0 Å². The average molecular weight is 1020 g/mol. The molecule has 74 heavy (non-hydrogen) atoms. The molecule has 5 nitrogen and oxygen atoms in total. The molecule has 416 valence electrons. The Balaban J connectivity index is 3.68. The maximum Gasteiger partial charge on any atom is 0.306 e. The molecule has 0 aliphatic rings. The molecule has 0 spiro atoms. The fourth-order valence-electron chi connectivity index (χ4n) is 7.82. The fraction of sp³-hybridized carbons (Fsp3) is 0.594. The van der Waals surface area contributed by atoms with E-state index in [0.717, 1.165) is 109 Å². The Kier molecular flexibility index (Phi) is 59.0. The second-order valence-corrected chi connectivity index (χ2v) is 19.3. The normalized spacial score (nSPS) is 13.4. The van der Waals surface area contributed by atoms with E-state index in [1.54, 1.807) is 0 Å². The summed E-state index contributed by atoms with van der Waals surface area (Å²) in [4.78, 5) is 24.5. The van der Waals surface area contributed by atoms with Crippen molar-refractivity contribution in [1.29, 1.82) is 0 Å². The Morgan fingerprint density at radius 1 is 0.324 bits per heavy atom. The van der Waals surface area contributed by atoms with Gasteiger partial charge in [-0.25, -0.2) is 0 Å². The first kappa shape index (κ1) is 69.5. The van der Waals surface area contributed by atoms with Crippen LogP contribution in [0.5, 0.6) is 0 Å². The van der Waals surface area contributed by atoms with Gasteiger partial charge in [0, 0.05) is 12.8 Å². The van der Waals surface area contributed by atoms with E-state index < -0.39 is 6.10 Å². The van der Waals surface area contributed by atoms with Gasteiger partial charge in [-0.3, -0.25) is 9.59 Å². The lowest BCUT2D eigenvalue weighted by atomic mass is 10.1. The van der Waals surface area contributed by atoms with Gasteiger partial charge in [0.2, 0.25) is 0 Å². The van der Waals surface area contributed by atoms with Gasteiger partial charge in [0.1, 0.15) is 6.61 Å². The summed E-state index contributed by atoms with van der Waals surface area (Å²) < 4.78 is 10.7. The number of allylic oxidation sites excluding steroid dienone is 26. The number of rotatable bonds is 53. The maximum atomic E-state index is 12.3. The van der Waals surface area contributed by atoms with Gasteiger partial charge in [-0.2, -0.15) is 0 Å². The van der Waals surface area contributed by atoms with Crippen LogP contribution in [0, 0.1) is 0 Å². The number of carbonyl (C=O) groups is 2. The Labute approximate surface area is 456 Å². The molecule has 5 heteroatoms. The second kappa shape index (κ2) is 62.8. The van der Waals surface area contributed by atoms with Crippen LogP contribution < -0.4 is 0 Å². The zero-order valence-corrected chi connectivity index (χ0v) is 47.5. The van der Waals surface area contributed by atoms with Crippen molar-refractivity contribution in [2.24, 2.45) is 0 Å². The van der Waals surface area contributed by atoms with Crippen LogP contribution in [0.2, 0.25) is 0 Å². The first-order chi connectivity index (χ1) is 36.6. The zero-order valence-electron chi connectivity index (χ0n) is 47.5. The monoisotopic (exact) mass is 1020 g/mol. The molecule has 0 amide bonds. The Hall–Kier alpha value is -4.48. The first-order valence-electron chi connectivity index (χ1n) is 30.0. The minimum Gasteiger partial charge on any atom is -0.462 e. The minimum absolute atomic E-state index is 0.0934. The predicted molar refractivity (Wildman–Crippen MR) is 324 cm³/mol. The number of hydrogen-bond donors (Lipinski definition) is 1. The van der Waals surface area contributed by atoms with E-state index >= 15 is 0 Å². The van der Waals surface area contributed by atoms with Crippen molar-refractivity contribution in [1.82, 2.24) is 0 Å². The molecule has 0 heterocycles. The number of carbonyl (C=O) groups excluding carboxylic acids is 2. The lowest BCUT2D eigenvalue weighted by Gasteiger charge is -2.15. The van der Waals surface area contributed by atoms with Crippen molar-refractivity contribution in [3.05, 3.63) is 158 Å². The quantitative estimate of drug-likeness (QED) is 0.0373. The molecule has 0 aliphatic heterocycles. The molecule has 1 atom stereocenters. The predicted octanol–water partition coefficient (Wildman–Crippen LogP) is 20.7. The zero-order chi connectivity index (χ0) is 53.4. The van der Waals surface area contributed by atoms with Crippen LogP contribution in [0.4, 0.5) is 0 Å². The van der Waals surface area contributed by atoms with E-state index in [4.69, 9.17) is 9.47 Å². The third-order valence-corrected chi connectivity index (χ3v) is 12.3. The molecule has 0 aromatic heterocycles. The molecular weight excluding hydrogens is 909 g/mol. The van der Waals surface area contributed by atoms with E-state index in [2.05, 4.69) is 172 Å². The molecular formula is C69H110O5. The van der Waals surface area contributed by atoms with Crippen molar-refractivity contribution in [3.63, 3.8) is 0 Å². The van der Waals surface area contributed by atoms with Crippen molar-refractivity contribution in [3.8, 4) is 0 Å². The SMILES string of the molecule is CC/C=C\C/C=C\C/C=C\C/C=C\C/C=C\C/C=C\C/C=C\C/C=C\C/C=C\C/C=C\C/C=C\C/C=C\CCCCC(=O)OC(CO)COC(=O)CCCCCCCCCCC/C=C\CCCCCCCCCC. The lowest BCUT2D eigenvalue weighted by Crippen LogP contribution is -2.28. The summed E-state index contributed by atoms with van der Waals surface area (Å²) in [6, 6.07) is 0. The van der Waals surface area contributed by atoms with Gasteiger partial charge in [-0.15, -0.1) is 0 Å². The molecule has 0 bridgehead atoms. The van der Waals surface area contributed by atoms with Crippen molar-refractivity contribution in [2.45, 2.75) is 251 Å². The maximum absolute atomic E-state index is 12.3. The van der Waals surface area contributed by atoms with Gasteiger partial charge in [0.25, 0.3) is 0 Å². The summed E-state index contributed by atoms with van der Waals surface area (Å²) in [6.45, 7) is 3.99. The molecule has 0 fully saturated rings. The highest BCUT2D eigenvalue weighted by Crippen LogP contribution is 2.14. The summed E-state index contributed by atoms with van der Waals surface area (Å²) in [5.41, 5.74) is 0. The summed E-state index contributed by atoms with van der Waals surface area (Å²) in [5, 5.41) is 9.65. The van der Waals surface area contributed by atoms with Crippen molar-refractivity contribution < 1.29 is 24.2 Å². The summed E-state index contributed by atoms with van der Waals surface area (Å²) in [5.74, 6) is -0.652. The van der Waals surface area contributed by atoms with Crippen LogP contribution >= 0.6 is 0 Å². The van der Waals surface area contributed by atoms with E-state index in [9.17, 15) is 14.7 Å². The van der Waals surface area contributed by atoms with Crippen LogP contribution in [0.15, 0.2) is 158 Å². The summed E-state index contributed by atoms with van der Waals surface area (Å²) in [6.07, 6.45) is 96.5. The van der Waals surface area contributed by atoms with Crippen molar-refractivity contribution in [2.75, 3.05) is 13.2 Å². The van der Waals surface area contributed by atoms with Crippen LogP contribution in [0.1, 0.15) is 245 Å². The number of aliphatic hydroxyl groups excluding tert-OH is 1. The standard InChI is InChI=1S/C69H110O5/c1-3-5-7-9-11-13-15-17-19-21-23-25-26-27-28-29-30-31-32-33-34-35-36-37-38-39-40-41-42-44-46-48-50-52-54-56-58-60-62-64-69(72)74-67(65-70)66-73-68(71)63-61-59-57-55-53-51-49-47-45-43-24-22-20-18-16-14-12-10-8-6-4-2/h5,7,11,13,17,19,22-25,27-28,30-31,33-34,36-37,39-40,42,44,48,50,54,56,67,70H,3-4,6,8-10,12,14-16,18,20-21,26,29,32,35,38,41,43,45-47,49,51-53,55,57-66H2,1-2H3/b7-5-,13-11-,19-17-,24-22-,25-23-,28-27-,31-30-,34-33-,37-36-,40-39-,44-42-,50-48-,56-54-. The van der Waals surface area contributed by atoms with E-state index in [1.165, 1.54) is 103 Å². The highest BCUT2D eigenvalue weighted by atomic mass is 16.6. The fourth-order valence-corrected chi connectivity index (χ4v) is 7.82. The van der Waals surface area contributed by atoms with E-state index in [0.29, 0.717) is 12.8 Å². The van der Waals surface area contributed by atoms with Gasteiger partial charge in [-0.1, -0.05) is 262 Å². The Bertz CT molecular complexity index is 1620. The molecule has 0 radical (unpaired) electrons. The summed E-state index contributed by atoms with van der Waals surface area (Å²) >= 11 is 0. The molecule has 0 saturated carbocycles. The lowest BCUT2D eigenvalue weighted by molar-refractivity contribution is -0.161. The van der Waals surface area contributed by atoms with Crippen molar-refractivity contribution >= 4 is 11.9 Å². The third kappa shape index (κ3) is 60.1. The van der Waals surface area contributed by atoms with Gasteiger partial charge in [0.15, 0.2) is 6.10 Å². The van der Waals surface area contributed by atoms with E-state index in [-0.39, 0.29) is 31.6 Å². The number of aliphatic hydroxyl groups is 1. The number of unbranched alkanes of at least 4 members (excludes halogenated alkanes) is 19. The largest absolute Gasteiger partial charge is 0.462 e. The van der Waals surface area contributed by atoms with Crippen LogP contribution in [0.25, 0.3) is 0 Å². The van der Waals surface area contributed by atoms with Crippen LogP contribution in [-0.4, -0.2) is 36.4 Å². The molecule has 0 aliphatic carbocycles.